The van der Waals surface area contributed by atoms with Crippen LogP contribution in [0, 0.1) is 6.92 Å². The first-order valence-corrected chi connectivity index (χ1v) is 11.1. The van der Waals surface area contributed by atoms with Crippen molar-refractivity contribution in [3.05, 3.63) is 87.5 Å². The number of benzene rings is 2. The molecule has 2 aromatic heterocycles. The Hall–Kier alpha value is -3.52. The van der Waals surface area contributed by atoms with E-state index in [2.05, 4.69) is 15.3 Å². The van der Waals surface area contributed by atoms with E-state index in [4.69, 9.17) is 9.15 Å². The summed E-state index contributed by atoms with van der Waals surface area (Å²) in [5.41, 5.74) is 3.12. The van der Waals surface area contributed by atoms with Gasteiger partial charge in [-0.25, -0.2) is 4.98 Å². The van der Waals surface area contributed by atoms with Gasteiger partial charge in [0, 0.05) is 34.5 Å². The van der Waals surface area contributed by atoms with Crippen LogP contribution < -0.4 is 15.6 Å². The molecule has 0 aliphatic carbocycles. The van der Waals surface area contributed by atoms with E-state index in [1.807, 2.05) is 56.3 Å². The predicted octanol–water partition coefficient (Wildman–Crippen LogP) is 4.62. The third-order valence-corrected chi connectivity index (χ3v) is 6.02. The highest BCUT2D eigenvalue weighted by Crippen LogP contribution is 2.32. The van der Waals surface area contributed by atoms with Crippen molar-refractivity contribution in [3.63, 3.8) is 0 Å². The van der Waals surface area contributed by atoms with Crippen LogP contribution in [0.3, 0.4) is 0 Å². The molecule has 2 N–H and O–H groups in total. The lowest BCUT2D eigenvalue weighted by molar-refractivity contribution is 0.0912. The molecule has 0 aliphatic rings. The molecule has 0 spiro atoms. The smallest absolute Gasteiger partial charge is 0.287 e. The Balaban J connectivity index is 1.63. The van der Waals surface area contributed by atoms with Crippen molar-refractivity contribution in [2.45, 2.75) is 30.8 Å². The molecule has 1 unspecified atom stereocenters. The van der Waals surface area contributed by atoms with E-state index in [0.717, 1.165) is 22.1 Å². The minimum atomic E-state index is -0.317. The Bertz CT molecular complexity index is 1330. The van der Waals surface area contributed by atoms with Crippen LogP contribution in [0.15, 0.2) is 69.1 Å². The van der Waals surface area contributed by atoms with Crippen molar-refractivity contribution in [2.24, 2.45) is 0 Å². The number of carbonyl (C=O) groups is 1. The fourth-order valence-electron chi connectivity index (χ4n) is 3.52. The predicted molar refractivity (Wildman–Crippen MR) is 124 cm³/mol. The van der Waals surface area contributed by atoms with Gasteiger partial charge in [0.15, 0.2) is 10.9 Å². The van der Waals surface area contributed by atoms with Gasteiger partial charge in [-0.15, -0.1) is 0 Å². The largest absolute Gasteiger partial charge is 0.496 e. The second-order valence-corrected chi connectivity index (χ2v) is 8.34. The summed E-state index contributed by atoms with van der Waals surface area (Å²) in [6, 6.07) is 14.4. The number of para-hydroxylation sites is 1. The number of aromatic nitrogens is 2. The number of amides is 1. The second kappa shape index (κ2) is 9.32. The molecule has 7 nitrogen and oxygen atoms in total. The molecule has 0 radical (unpaired) electrons. The van der Waals surface area contributed by atoms with E-state index in [1.165, 1.54) is 24.0 Å². The highest BCUT2D eigenvalue weighted by atomic mass is 32.2. The lowest BCUT2D eigenvalue weighted by Crippen LogP contribution is -2.27. The molecule has 0 bridgehead atoms. The van der Waals surface area contributed by atoms with Crippen molar-refractivity contribution < 1.29 is 13.9 Å². The van der Waals surface area contributed by atoms with Gasteiger partial charge in [0.25, 0.3) is 11.5 Å². The summed E-state index contributed by atoms with van der Waals surface area (Å²) in [6.07, 6.45) is 1.46. The van der Waals surface area contributed by atoms with Gasteiger partial charge in [-0.05, 0) is 26.0 Å². The van der Waals surface area contributed by atoms with Crippen LogP contribution in [0.1, 0.15) is 40.2 Å². The number of rotatable bonds is 7. The van der Waals surface area contributed by atoms with Crippen LogP contribution in [0.4, 0.5) is 0 Å². The van der Waals surface area contributed by atoms with Crippen LogP contribution in [-0.2, 0) is 5.75 Å². The van der Waals surface area contributed by atoms with Gasteiger partial charge >= 0.3 is 0 Å². The van der Waals surface area contributed by atoms with Gasteiger partial charge < -0.3 is 19.5 Å². The fraction of sp³-hybridized carbons (Fsp3) is 0.208. The van der Waals surface area contributed by atoms with Gasteiger partial charge in [0.05, 0.1) is 13.2 Å². The van der Waals surface area contributed by atoms with Gasteiger partial charge in [-0.3, -0.25) is 9.59 Å². The first-order chi connectivity index (χ1) is 15.5. The van der Waals surface area contributed by atoms with E-state index in [9.17, 15) is 9.59 Å². The quantitative estimate of drug-likeness (QED) is 0.316. The van der Waals surface area contributed by atoms with Crippen molar-refractivity contribution in [1.82, 2.24) is 15.3 Å². The van der Waals surface area contributed by atoms with E-state index < -0.39 is 0 Å². The SMILES string of the molecule is COc1ccc(C)cc1C(C)NC(=O)c1oc2ccccc2c1CSc1nccc(=O)[nH]1. The maximum atomic E-state index is 13.2. The van der Waals surface area contributed by atoms with E-state index >= 15 is 0 Å². The summed E-state index contributed by atoms with van der Waals surface area (Å²) in [7, 11) is 1.61. The Labute approximate surface area is 189 Å². The molecule has 0 saturated carbocycles. The molecule has 0 aliphatic heterocycles. The van der Waals surface area contributed by atoms with Crippen LogP contribution in [0.25, 0.3) is 11.0 Å². The number of H-pyrrole nitrogens is 1. The normalized spacial score (nSPS) is 12.0. The molecule has 32 heavy (non-hydrogen) atoms. The average Bonchev–Trinajstić information content (AvgIpc) is 3.16. The average molecular weight is 450 g/mol. The number of hydrogen-bond acceptors (Lipinski definition) is 6. The zero-order valence-corrected chi connectivity index (χ0v) is 18.8. The fourth-order valence-corrected chi connectivity index (χ4v) is 4.40. The summed E-state index contributed by atoms with van der Waals surface area (Å²) in [5.74, 6) is 1.05. The molecule has 4 aromatic rings. The number of fused-ring (bicyclic) bond motifs is 1. The highest BCUT2D eigenvalue weighted by Gasteiger charge is 2.23. The van der Waals surface area contributed by atoms with Crippen molar-refractivity contribution in [3.8, 4) is 5.75 Å². The number of nitrogens with one attached hydrogen (secondary N) is 2. The molecule has 4 rings (SSSR count). The summed E-state index contributed by atoms with van der Waals surface area (Å²) < 4.78 is 11.4. The molecule has 1 atom stereocenters. The van der Waals surface area contributed by atoms with Crippen molar-refractivity contribution >= 4 is 28.6 Å². The molecule has 1 amide bonds. The van der Waals surface area contributed by atoms with Gasteiger partial charge in [0.1, 0.15) is 11.3 Å². The van der Waals surface area contributed by atoms with Gasteiger partial charge in [-0.2, -0.15) is 0 Å². The number of thioether (sulfide) groups is 1. The third-order valence-electron chi connectivity index (χ3n) is 5.10. The molecule has 0 saturated heterocycles. The van der Waals surface area contributed by atoms with E-state index in [1.54, 1.807) is 7.11 Å². The summed E-state index contributed by atoms with van der Waals surface area (Å²) in [5, 5.41) is 4.36. The monoisotopic (exact) mass is 449 g/mol. The lowest BCUT2D eigenvalue weighted by Gasteiger charge is -2.17. The van der Waals surface area contributed by atoms with E-state index in [-0.39, 0.29) is 23.3 Å². The highest BCUT2D eigenvalue weighted by molar-refractivity contribution is 7.98. The van der Waals surface area contributed by atoms with Crippen LogP contribution in [-0.4, -0.2) is 23.0 Å². The second-order valence-electron chi connectivity index (χ2n) is 7.37. The van der Waals surface area contributed by atoms with E-state index in [0.29, 0.717) is 22.2 Å². The number of aromatic amines is 1. The topological polar surface area (TPSA) is 97.2 Å². The Morgan fingerprint density at radius 3 is 2.84 bits per heavy atom. The summed E-state index contributed by atoms with van der Waals surface area (Å²) >= 11 is 1.34. The number of carbonyl (C=O) groups excluding carboxylic acids is 1. The van der Waals surface area contributed by atoms with Crippen molar-refractivity contribution in [1.29, 1.82) is 0 Å². The Morgan fingerprint density at radius 2 is 2.06 bits per heavy atom. The van der Waals surface area contributed by atoms with Crippen molar-refractivity contribution in [2.75, 3.05) is 7.11 Å². The maximum Gasteiger partial charge on any atom is 0.287 e. The number of nitrogens with zero attached hydrogens (tertiary/aromatic N) is 1. The van der Waals surface area contributed by atoms with Crippen LogP contribution in [0.2, 0.25) is 0 Å². The third kappa shape index (κ3) is 4.55. The first-order valence-electron chi connectivity index (χ1n) is 10.1. The number of hydrogen-bond donors (Lipinski definition) is 2. The minimum Gasteiger partial charge on any atom is -0.496 e. The molecular weight excluding hydrogens is 426 g/mol. The molecule has 2 heterocycles. The lowest BCUT2D eigenvalue weighted by atomic mass is 10.0. The Morgan fingerprint density at radius 1 is 1.25 bits per heavy atom. The standard InChI is InChI=1S/C24H23N3O4S/c1-14-8-9-19(30-3)17(12-14)15(2)26-23(29)22-18(16-6-4-5-7-20(16)31-22)13-32-24-25-11-10-21(28)27-24/h4-12,15H,13H2,1-3H3,(H,26,29)(H,25,27,28). The molecule has 0 fully saturated rings. The van der Waals surface area contributed by atoms with Crippen LogP contribution in [0.5, 0.6) is 5.75 Å². The number of ether oxygens (including phenoxy) is 1. The zero-order valence-electron chi connectivity index (χ0n) is 18.0. The zero-order chi connectivity index (χ0) is 22.7. The summed E-state index contributed by atoms with van der Waals surface area (Å²) in [4.78, 5) is 31.7. The Kier molecular flexibility index (Phi) is 6.32. The first kappa shape index (κ1) is 21.7. The molecular formula is C24H23N3O4S. The van der Waals surface area contributed by atoms with Gasteiger partial charge in [-0.1, -0.05) is 47.7 Å². The molecule has 164 valence electrons. The molecule has 8 heteroatoms. The molecule has 2 aromatic carbocycles. The summed E-state index contributed by atoms with van der Waals surface area (Å²) in [6.45, 7) is 3.90. The minimum absolute atomic E-state index is 0.224. The maximum absolute atomic E-state index is 13.2. The number of methoxy groups -OCH3 is 1. The number of furan rings is 1. The van der Waals surface area contributed by atoms with Crippen LogP contribution >= 0.6 is 11.8 Å². The van der Waals surface area contributed by atoms with Gasteiger partial charge in [0.2, 0.25) is 0 Å². The number of aryl methyl sites for hydroxylation is 1.